The van der Waals surface area contributed by atoms with Gasteiger partial charge in [0.25, 0.3) is 0 Å². The molecule has 4 nitrogen and oxygen atoms in total. The van der Waals surface area contributed by atoms with Gasteiger partial charge in [-0.1, -0.05) is 6.42 Å². The minimum atomic E-state index is -2.91. The molecular weight excluding hydrogens is 351 g/mol. The van der Waals surface area contributed by atoms with Crippen LogP contribution in [0, 0.1) is 10.6 Å². The standard InChI is InChI=1S/C11H17IN2O2S/c1-8-7-14(13-11(8)12)9-4-3-5-10(6-9)17(2,15)16/h7,9-10H,3-6H2,1-2H3. The van der Waals surface area contributed by atoms with Gasteiger partial charge in [-0.15, -0.1) is 0 Å². The third-order valence-electron chi connectivity index (χ3n) is 3.43. The van der Waals surface area contributed by atoms with E-state index in [1.54, 1.807) is 0 Å². The fourth-order valence-electron chi connectivity index (χ4n) is 2.40. The first kappa shape index (κ1) is 13.3. The average Bonchev–Trinajstić information content (AvgIpc) is 2.58. The number of nitrogens with zero attached hydrogens (tertiary/aromatic N) is 2. The molecule has 0 saturated heterocycles. The van der Waals surface area contributed by atoms with Gasteiger partial charge in [0.1, 0.15) is 13.5 Å². The summed E-state index contributed by atoms with van der Waals surface area (Å²) in [6.45, 7) is 2.03. The first-order valence-corrected chi connectivity index (χ1v) is 8.81. The molecule has 0 aromatic carbocycles. The van der Waals surface area contributed by atoms with Gasteiger partial charge < -0.3 is 0 Å². The Morgan fingerprint density at radius 3 is 2.71 bits per heavy atom. The molecule has 6 heteroatoms. The quantitative estimate of drug-likeness (QED) is 0.753. The lowest BCUT2D eigenvalue weighted by atomic mass is 9.95. The van der Waals surface area contributed by atoms with Crippen LogP contribution in [0.25, 0.3) is 0 Å². The second kappa shape index (κ2) is 4.87. The van der Waals surface area contributed by atoms with E-state index in [-0.39, 0.29) is 11.3 Å². The van der Waals surface area contributed by atoms with Crippen LogP contribution in [-0.2, 0) is 9.84 Å². The molecule has 2 unspecified atom stereocenters. The van der Waals surface area contributed by atoms with E-state index in [0.717, 1.165) is 28.5 Å². The Hall–Kier alpha value is -0.110. The van der Waals surface area contributed by atoms with Crippen LogP contribution in [0.15, 0.2) is 6.20 Å². The van der Waals surface area contributed by atoms with E-state index in [2.05, 4.69) is 27.7 Å². The van der Waals surface area contributed by atoms with Crippen molar-refractivity contribution < 1.29 is 8.42 Å². The fraction of sp³-hybridized carbons (Fsp3) is 0.727. The van der Waals surface area contributed by atoms with Crippen LogP contribution < -0.4 is 0 Å². The largest absolute Gasteiger partial charge is 0.268 e. The van der Waals surface area contributed by atoms with Gasteiger partial charge in [-0.25, -0.2) is 8.42 Å². The number of hydrogen-bond acceptors (Lipinski definition) is 3. The number of aromatic nitrogens is 2. The van der Waals surface area contributed by atoms with Crippen LogP contribution in [-0.4, -0.2) is 29.7 Å². The lowest BCUT2D eigenvalue weighted by Crippen LogP contribution is -2.29. The number of aryl methyl sites for hydroxylation is 1. The molecule has 0 N–H and O–H groups in total. The summed E-state index contributed by atoms with van der Waals surface area (Å²) in [5.74, 6) is 0. The van der Waals surface area contributed by atoms with Crippen molar-refractivity contribution in [2.75, 3.05) is 6.26 Å². The molecule has 2 rings (SSSR count). The zero-order valence-electron chi connectivity index (χ0n) is 10.1. The van der Waals surface area contributed by atoms with Crippen molar-refractivity contribution >= 4 is 32.4 Å². The summed E-state index contributed by atoms with van der Waals surface area (Å²) < 4.78 is 26.2. The third-order valence-corrected chi connectivity index (χ3v) is 6.14. The van der Waals surface area contributed by atoms with Crippen molar-refractivity contribution in [3.8, 4) is 0 Å². The van der Waals surface area contributed by atoms with E-state index < -0.39 is 9.84 Å². The summed E-state index contributed by atoms with van der Waals surface area (Å²) in [4.78, 5) is 0. The van der Waals surface area contributed by atoms with Crippen LogP contribution >= 0.6 is 22.6 Å². The lowest BCUT2D eigenvalue weighted by Gasteiger charge is -2.28. The molecule has 0 spiro atoms. The van der Waals surface area contributed by atoms with Gasteiger partial charge in [-0.05, 0) is 48.8 Å². The van der Waals surface area contributed by atoms with E-state index >= 15 is 0 Å². The first-order valence-electron chi connectivity index (χ1n) is 5.78. The van der Waals surface area contributed by atoms with Gasteiger partial charge in [-0.3, -0.25) is 4.68 Å². The minimum Gasteiger partial charge on any atom is -0.268 e. The van der Waals surface area contributed by atoms with E-state index in [1.807, 2.05) is 17.8 Å². The summed E-state index contributed by atoms with van der Waals surface area (Å²) in [5.41, 5.74) is 1.16. The van der Waals surface area contributed by atoms with E-state index in [0.29, 0.717) is 6.42 Å². The van der Waals surface area contributed by atoms with Gasteiger partial charge in [0, 0.05) is 18.0 Å². The average molecular weight is 368 g/mol. The van der Waals surface area contributed by atoms with Crippen LogP contribution in [0.4, 0.5) is 0 Å². The van der Waals surface area contributed by atoms with Crippen molar-refractivity contribution in [1.82, 2.24) is 9.78 Å². The Balaban J connectivity index is 2.18. The highest BCUT2D eigenvalue weighted by Gasteiger charge is 2.30. The first-order chi connectivity index (χ1) is 7.88. The summed E-state index contributed by atoms with van der Waals surface area (Å²) in [7, 11) is -2.91. The maximum atomic E-state index is 11.6. The maximum Gasteiger partial charge on any atom is 0.150 e. The minimum absolute atomic E-state index is 0.191. The fourth-order valence-corrected chi connectivity index (χ4v) is 3.95. The highest BCUT2D eigenvalue weighted by molar-refractivity contribution is 14.1. The van der Waals surface area contributed by atoms with Crippen LogP contribution in [0.5, 0.6) is 0 Å². The second-order valence-electron chi connectivity index (χ2n) is 4.85. The van der Waals surface area contributed by atoms with Gasteiger partial charge in [0.2, 0.25) is 0 Å². The van der Waals surface area contributed by atoms with E-state index in [9.17, 15) is 8.42 Å². The summed E-state index contributed by atoms with van der Waals surface area (Å²) in [5, 5.41) is 4.27. The number of halogens is 1. The topological polar surface area (TPSA) is 52.0 Å². The van der Waals surface area contributed by atoms with Gasteiger partial charge >= 0.3 is 0 Å². The molecule has 0 aliphatic heterocycles. The predicted octanol–water partition coefficient (Wildman–Crippen LogP) is 2.32. The zero-order chi connectivity index (χ0) is 12.6. The van der Waals surface area contributed by atoms with E-state index in [4.69, 9.17) is 0 Å². The van der Waals surface area contributed by atoms with Gasteiger partial charge in [0.05, 0.1) is 11.3 Å². The van der Waals surface area contributed by atoms with Gasteiger partial charge in [-0.2, -0.15) is 5.10 Å². The maximum absolute atomic E-state index is 11.6. The molecular formula is C11H17IN2O2S. The molecule has 2 atom stereocenters. The van der Waals surface area contributed by atoms with Crippen molar-refractivity contribution in [3.63, 3.8) is 0 Å². The normalized spacial score (nSPS) is 26.1. The Labute approximate surface area is 116 Å². The van der Waals surface area contributed by atoms with Crippen molar-refractivity contribution in [2.45, 2.75) is 43.9 Å². The molecule has 1 aromatic heterocycles. The van der Waals surface area contributed by atoms with Crippen LogP contribution in [0.1, 0.15) is 37.3 Å². The lowest BCUT2D eigenvalue weighted by molar-refractivity contribution is 0.328. The SMILES string of the molecule is Cc1cn(C2CCCC(S(C)(=O)=O)C2)nc1I. The summed E-state index contributed by atoms with van der Waals surface area (Å²) >= 11 is 2.21. The number of hydrogen-bond donors (Lipinski definition) is 0. The molecule has 0 bridgehead atoms. The molecule has 1 heterocycles. The molecule has 1 aliphatic rings. The third kappa shape index (κ3) is 3.01. The smallest absolute Gasteiger partial charge is 0.150 e. The van der Waals surface area contributed by atoms with Crippen molar-refractivity contribution in [2.24, 2.45) is 0 Å². The second-order valence-corrected chi connectivity index (χ2v) is 8.20. The Morgan fingerprint density at radius 2 is 2.18 bits per heavy atom. The molecule has 0 amide bonds. The summed E-state index contributed by atoms with van der Waals surface area (Å²) in [6.07, 6.45) is 6.87. The Morgan fingerprint density at radius 1 is 1.47 bits per heavy atom. The molecule has 1 aromatic rings. The molecule has 0 radical (unpaired) electrons. The molecule has 1 fully saturated rings. The van der Waals surface area contributed by atoms with Crippen molar-refractivity contribution in [3.05, 3.63) is 15.5 Å². The summed E-state index contributed by atoms with van der Waals surface area (Å²) in [6, 6.07) is 0.241. The molecule has 1 saturated carbocycles. The molecule has 96 valence electrons. The van der Waals surface area contributed by atoms with Crippen LogP contribution in [0.2, 0.25) is 0 Å². The molecule has 1 aliphatic carbocycles. The number of rotatable bonds is 2. The number of sulfone groups is 1. The van der Waals surface area contributed by atoms with Gasteiger partial charge in [0.15, 0.2) is 0 Å². The van der Waals surface area contributed by atoms with Crippen molar-refractivity contribution in [1.29, 1.82) is 0 Å². The highest BCUT2D eigenvalue weighted by Crippen LogP contribution is 2.32. The zero-order valence-corrected chi connectivity index (χ0v) is 13.0. The monoisotopic (exact) mass is 368 g/mol. The Bertz CT molecular complexity index is 490. The Kier molecular flexibility index (Phi) is 3.82. The predicted molar refractivity (Wildman–Crippen MR) is 75.8 cm³/mol. The van der Waals surface area contributed by atoms with E-state index in [1.165, 1.54) is 6.26 Å². The molecule has 17 heavy (non-hydrogen) atoms. The van der Waals surface area contributed by atoms with Crippen LogP contribution in [0.3, 0.4) is 0 Å². The highest BCUT2D eigenvalue weighted by atomic mass is 127.